The number of hydrogen-bond acceptors (Lipinski definition) is 19. The monoisotopic (exact) mass is 1230 g/mol. The van der Waals surface area contributed by atoms with Crippen LogP contribution in [0.15, 0.2) is 24.3 Å². The first-order chi connectivity index (χ1) is 38.4. The summed E-state index contributed by atoms with van der Waals surface area (Å²) < 4.78 is 65.8. The van der Waals surface area contributed by atoms with Crippen molar-refractivity contribution < 1.29 is 94.3 Å². The van der Waals surface area contributed by atoms with Crippen molar-refractivity contribution in [2.75, 3.05) is 110 Å². The number of benzene rings is 1. The number of ether oxygens (including phenoxy) is 4. The van der Waals surface area contributed by atoms with Crippen molar-refractivity contribution in [1.82, 2.24) is 41.9 Å². The van der Waals surface area contributed by atoms with Gasteiger partial charge in [-0.3, -0.25) is 52.4 Å². The van der Waals surface area contributed by atoms with Crippen LogP contribution in [-0.2, 0) is 83.2 Å². The molecule has 0 saturated heterocycles. The Morgan fingerprint density at radius 1 is 0.659 bits per heavy atom. The second-order valence-corrected chi connectivity index (χ2v) is 22.9. The first-order valence-electron chi connectivity index (χ1n) is 26.3. The van der Waals surface area contributed by atoms with E-state index in [0.717, 1.165) is 25.8 Å². The largest absolute Gasteiger partial charge is 0.480 e. The lowest BCUT2D eigenvalue weighted by atomic mass is 9.83. The molecule has 1 rings (SSSR count). The van der Waals surface area contributed by atoms with Crippen molar-refractivity contribution in [1.29, 1.82) is 0 Å². The highest BCUT2D eigenvalue weighted by Crippen LogP contribution is 2.35. The molecule has 29 nitrogen and oxygen atoms in total. The van der Waals surface area contributed by atoms with Crippen molar-refractivity contribution in [2.24, 2.45) is 5.41 Å². The minimum atomic E-state index is -4.22. The lowest BCUT2D eigenvalue weighted by molar-refractivity contribution is -0.143. The highest BCUT2D eigenvalue weighted by molar-refractivity contribution is 7.85. The molecule has 0 aliphatic heterocycles. The topological polar surface area (TPSA) is 442 Å². The fourth-order valence-electron chi connectivity index (χ4n) is 6.73. The van der Waals surface area contributed by atoms with Gasteiger partial charge in [0.15, 0.2) is 0 Å². The van der Waals surface area contributed by atoms with Gasteiger partial charge in [0.1, 0.15) is 36.8 Å². The van der Waals surface area contributed by atoms with Crippen molar-refractivity contribution in [3.63, 3.8) is 0 Å². The molecule has 0 radical (unpaired) electrons. The molecule has 8 amide bonds. The fraction of sp³-hybridized carbons (Fsp3) is 0.680. The molecular weight excluding hydrogens is 1140 g/mol. The number of anilines is 1. The van der Waals surface area contributed by atoms with Gasteiger partial charge < -0.3 is 72.1 Å². The SMILES string of the molecule is CC(C)(CC(C)(S)CC(=O)NS(=O)CCCC(=O)NCCOCCOCC(=O)NC(CCC(=O)NCC(=O)O)C(=O)O)CS(=O)(=O)O.CCCC(=O)NCCOCCOCC(=O)NCC(=O)NC.CCCCNC(=O)c1ccc(N)cc1. The lowest BCUT2D eigenvalue weighted by Gasteiger charge is -2.32. The molecule has 13 N–H and O–H groups in total. The van der Waals surface area contributed by atoms with Crippen LogP contribution >= 0.6 is 12.6 Å². The summed E-state index contributed by atoms with van der Waals surface area (Å²) in [6.07, 6.45) is 3.16. The van der Waals surface area contributed by atoms with Gasteiger partial charge in [0.05, 0.1) is 51.9 Å². The molecule has 1 aromatic rings. The van der Waals surface area contributed by atoms with Gasteiger partial charge in [-0.1, -0.05) is 41.0 Å². The number of unbranched alkanes of at least 4 members (excludes halogenated alkanes) is 1. The summed E-state index contributed by atoms with van der Waals surface area (Å²) in [7, 11) is -4.47. The predicted octanol–water partition coefficient (Wildman–Crippen LogP) is -0.774. The third-order valence-corrected chi connectivity index (χ3v) is 12.8. The third kappa shape index (κ3) is 48.7. The van der Waals surface area contributed by atoms with Crippen molar-refractivity contribution in [3.05, 3.63) is 29.8 Å². The van der Waals surface area contributed by atoms with E-state index in [9.17, 15) is 65.7 Å². The number of amides is 8. The van der Waals surface area contributed by atoms with Crippen molar-refractivity contribution in [2.45, 2.75) is 110 Å². The zero-order valence-electron chi connectivity index (χ0n) is 47.7. The summed E-state index contributed by atoms with van der Waals surface area (Å²) in [5, 5.41) is 34.9. The van der Waals surface area contributed by atoms with Gasteiger partial charge in [0.25, 0.3) is 16.0 Å². The molecular formula is C50H87N9O20S3. The van der Waals surface area contributed by atoms with E-state index in [2.05, 4.69) is 61.5 Å². The highest BCUT2D eigenvalue weighted by Gasteiger charge is 2.35. The van der Waals surface area contributed by atoms with Crippen LogP contribution in [0.4, 0.5) is 5.69 Å². The average molecular weight is 1230 g/mol. The Hall–Kier alpha value is -6.03. The van der Waals surface area contributed by atoms with E-state index >= 15 is 0 Å². The molecule has 0 aliphatic rings. The molecule has 32 heteroatoms. The van der Waals surface area contributed by atoms with E-state index in [0.29, 0.717) is 37.4 Å². The summed E-state index contributed by atoms with van der Waals surface area (Å²) in [5.41, 5.74) is 6.00. The van der Waals surface area contributed by atoms with Crippen molar-refractivity contribution >= 4 is 98.6 Å². The molecule has 1 aromatic carbocycles. The molecule has 0 saturated carbocycles. The van der Waals surface area contributed by atoms with E-state index < -0.39 is 85.9 Å². The third-order valence-electron chi connectivity index (χ3n) is 10.2. The van der Waals surface area contributed by atoms with Gasteiger partial charge in [0.2, 0.25) is 41.4 Å². The molecule has 470 valence electrons. The Bertz CT molecular complexity index is 2260. The molecule has 0 fully saturated rings. The molecule has 0 aliphatic carbocycles. The normalized spacial score (nSPS) is 12.4. The Morgan fingerprint density at radius 2 is 1.20 bits per heavy atom. The molecule has 3 unspecified atom stereocenters. The number of carboxylic acids is 2. The molecule has 0 heterocycles. The standard InChI is InChI=1S/C26H46N4O14S3.C13H25N3O5.C11H16N2O/c1-25(2,17-47(40,41)42)16-26(3,45)13-21(33)30-46(39)12-4-5-19(31)27-8-9-43-10-11-44-15-22(34)29-18(24(37)38)6-7-20(32)28-14-23(35)36;1-3-4-11(17)15-5-6-20-7-8-21-10-13(19)16-9-12(18)14-2;1-2-3-8-13-11(14)9-4-6-10(12)7-5-9/h18,45H,4-17H2,1-3H3,(H,27,31)(H,28,32)(H,29,34)(H,30,33)(H,35,36)(H,37,38)(H,40,41,42);3-10H2,1-2H3,(H,14,18)(H,15,17)(H,16,19);4-7H,2-3,8,12H2,1H3,(H,13,14). The first-order valence-corrected chi connectivity index (χ1v) is 29.6. The van der Waals surface area contributed by atoms with Gasteiger partial charge in [0, 0.05) is 74.1 Å². The zero-order chi connectivity index (χ0) is 62.6. The van der Waals surface area contributed by atoms with Crippen molar-refractivity contribution in [3.8, 4) is 0 Å². The molecule has 0 aromatic heterocycles. The highest BCUT2D eigenvalue weighted by atomic mass is 32.2. The molecule has 3 atom stereocenters. The second kappa shape index (κ2) is 45.5. The molecule has 0 spiro atoms. The van der Waals surface area contributed by atoms with Crippen LogP contribution in [0.5, 0.6) is 0 Å². The van der Waals surface area contributed by atoms with Gasteiger partial charge in [-0.25, -0.2) is 9.00 Å². The van der Waals surface area contributed by atoms with Gasteiger partial charge in [-0.15, -0.1) is 0 Å². The van der Waals surface area contributed by atoms with E-state index in [4.69, 9.17) is 34.3 Å². The number of hydrogen-bond donors (Lipinski definition) is 13. The van der Waals surface area contributed by atoms with E-state index in [1.165, 1.54) is 7.05 Å². The van der Waals surface area contributed by atoms with Crippen LogP contribution in [0, 0.1) is 5.41 Å². The van der Waals surface area contributed by atoms with Crippen LogP contribution < -0.4 is 47.7 Å². The predicted molar refractivity (Wildman–Crippen MR) is 306 cm³/mol. The first kappa shape index (κ1) is 78.0. The number of thiol groups is 1. The van der Waals surface area contributed by atoms with E-state index in [1.807, 2.05) is 6.92 Å². The van der Waals surface area contributed by atoms with Crippen LogP contribution in [-0.4, -0.2) is 202 Å². The van der Waals surface area contributed by atoms with Crippen LogP contribution in [0.3, 0.4) is 0 Å². The second-order valence-electron chi connectivity index (χ2n) is 19.0. The number of carbonyl (C=O) groups is 10. The maximum Gasteiger partial charge on any atom is 0.326 e. The number of carboxylic acid groups (broad SMARTS) is 2. The van der Waals surface area contributed by atoms with Crippen LogP contribution in [0.1, 0.15) is 109 Å². The van der Waals surface area contributed by atoms with Crippen LogP contribution in [0.2, 0.25) is 0 Å². The Morgan fingerprint density at radius 3 is 1.72 bits per heavy atom. The summed E-state index contributed by atoms with van der Waals surface area (Å²) in [6.45, 7) is 10.2. The summed E-state index contributed by atoms with van der Waals surface area (Å²) in [6, 6.07) is 5.55. The Balaban J connectivity index is 0. The summed E-state index contributed by atoms with van der Waals surface area (Å²) in [5.74, 6) is -6.05. The van der Waals surface area contributed by atoms with Gasteiger partial charge in [-0.05, 0) is 61.8 Å². The average Bonchev–Trinajstić information content (AvgIpc) is 3.49. The quantitative estimate of drug-likeness (QED) is 0.0165. The van der Waals surface area contributed by atoms with Gasteiger partial charge in [-0.2, -0.15) is 21.0 Å². The molecule has 0 bridgehead atoms. The summed E-state index contributed by atoms with van der Waals surface area (Å²) in [4.78, 5) is 114. The van der Waals surface area contributed by atoms with Gasteiger partial charge >= 0.3 is 11.9 Å². The maximum absolute atomic E-state index is 12.3. The number of likely N-dealkylation sites (N-methyl/N-ethyl adjacent to an activating group) is 1. The number of nitrogens with one attached hydrogen (secondary N) is 8. The number of rotatable bonds is 42. The zero-order valence-corrected chi connectivity index (χ0v) is 50.2. The number of nitrogen functional groups attached to an aromatic ring is 1. The number of nitrogens with two attached hydrogens (primary N) is 1. The number of aliphatic carboxylic acids is 2. The van der Waals surface area contributed by atoms with E-state index in [1.54, 1.807) is 45.0 Å². The lowest BCUT2D eigenvalue weighted by Crippen LogP contribution is -2.43. The van der Waals surface area contributed by atoms with Crippen LogP contribution in [0.25, 0.3) is 0 Å². The Kier molecular flexibility index (Phi) is 43.3. The Labute approximate surface area is 487 Å². The smallest absolute Gasteiger partial charge is 0.326 e. The fourth-order valence-corrected chi connectivity index (χ4v) is 9.22. The number of carbonyl (C=O) groups excluding carboxylic acids is 8. The minimum Gasteiger partial charge on any atom is -0.480 e. The minimum absolute atomic E-state index is 0.0110. The van der Waals surface area contributed by atoms with E-state index in [-0.39, 0.29) is 120 Å². The summed E-state index contributed by atoms with van der Waals surface area (Å²) >= 11 is 4.44. The maximum atomic E-state index is 12.3. The molecule has 82 heavy (non-hydrogen) atoms.